The first-order valence-corrected chi connectivity index (χ1v) is 4.97. The van der Waals surface area contributed by atoms with Crippen LogP contribution >= 0.6 is 0 Å². The van der Waals surface area contributed by atoms with E-state index in [0.29, 0.717) is 0 Å². The van der Waals surface area contributed by atoms with Crippen molar-refractivity contribution in [2.24, 2.45) is 5.92 Å². The number of amides is 1. The van der Waals surface area contributed by atoms with Crippen LogP contribution in [0.2, 0.25) is 0 Å². The lowest BCUT2D eigenvalue weighted by Gasteiger charge is -2.17. The lowest BCUT2D eigenvalue weighted by atomic mass is 10.1. The molecule has 4 nitrogen and oxygen atoms in total. The summed E-state index contributed by atoms with van der Waals surface area (Å²) in [4.78, 5) is 21.0. The molecule has 0 spiro atoms. The van der Waals surface area contributed by atoms with Crippen molar-refractivity contribution >= 4 is 5.91 Å². The Kier molecular flexibility index (Phi) is 2.68. The predicted octanol–water partition coefficient (Wildman–Crippen LogP) is 0.816. The Morgan fingerprint density at radius 2 is 2.40 bits per heavy atom. The first-order chi connectivity index (χ1) is 7.22. The van der Waals surface area contributed by atoms with Gasteiger partial charge < -0.3 is 0 Å². The normalized spacial score (nSPS) is 18.7. The van der Waals surface area contributed by atoms with Crippen molar-refractivity contribution in [3.05, 3.63) is 29.6 Å². The van der Waals surface area contributed by atoms with E-state index in [1.165, 1.54) is 17.7 Å². The fourth-order valence-corrected chi connectivity index (χ4v) is 1.93. The van der Waals surface area contributed by atoms with Crippen molar-refractivity contribution in [2.45, 2.75) is 12.8 Å². The Hall–Kier alpha value is -1.42. The molecule has 0 N–H and O–H groups in total. The summed E-state index contributed by atoms with van der Waals surface area (Å²) in [5, 5.41) is 1.29. The molecule has 0 aliphatic heterocycles. The summed E-state index contributed by atoms with van der Waals surface area (Å²) in [5.41, 5.74) is 2.22. The van der Waals surface area contributed by atoms with Crippen molar-refractivity contribution in [3.8, 4) is 0 Å². The van der Waals surface area contributed by atoms with Crippen LogP contribution in [-0.2, 0) is 22.5 Å². The van der Waals surface area contributed by atoms with Crippen molar-refractivity contribution in [1.82, 2.24) is 10.0 Å². The summed E-state index contributed by atoms with van der Waals surface area (Å²) in [7, 11) is 3.14. The number of pyridine rings is 1. The minimum absolute atomic E-state index is 0.0140. The molecule has 1 aromatic heterocycles. The molecule has 15 heavy (non-hydrogen) atoms. The van der Waals surface area contributed by atoms with E-state index in [4.69, 9.17) is 4.84 Å². The van der Waals surface area contributed by atoms with Gasteiger partial charge in [-0.2, -0.15) is 0 Å². The van der Waals surface area contributed by atoms with Crippen LogP contribution in [-0.4, -0.2) is 30.1 Å². The molecular weight excluding hydrogens is 192 g/mol. The average Bonchev–Trinajstić information content (AvgIpc) is 2.70. The van der Waals surface area contributed by atoms with Crippen LogP contribution in [0.1, 0.15) is 11.3 Å². The smallest absolute Gasteiger partial charge is 0.249 e. The summed E-state index contributed by atoms with van der Waals surface area (Å²) >= 11 is 0. The number of carbonyl (C=O) groups is 1. The molecule has 1 unspecified atom stereocenters. The van der Waals surface area contributed by atoms with Gasteiger partial charge in [-0.1, -0.05) is 6.07 Å². The molecule has 0 radical (unpaired) electrons. The molecule has 2 rings (SSSR count). The van der Waals surface area contributed by atoms with Crippen LogP contribution in [0, 0.1) is 5.92 Å². The largest absolute Gasteiger partial charge is 0.275 e. The lowest BCUT2D eigenvalue weighted by molar-refractivity contribution is -0.173. The quantitative estimate of drug-likeness (QED) is 0.673. The molecule has 1 aliphatic carbocycles. The molecule has 1 heterocycles. The van der Waals surface area contributed by atoms with Gasteiger partial charge in [0.2, 0.25) is 5.91 Å². The van der Waals surface area contributed by atoms with Gasteiger partial charge in [0.05, 0.1) is 7.11 Å². The topological polar surface area (TPSA) is 42.4 Å². The molecule has 4 heteroatoms. The van der Waals surface area contributed by atoms with Gasteiger partial charge in [0, 0.05) is 31.3 Å². The van der Waals surface area contributed by atoms with Gasteiger partial charge in [-0.05, 0) is 18.1 Å². The summed E-state index contributed by atoms with van der Waals surface area (Å²) in [5.74, 6) is 0.00958. The summed E-state index contributed by atoms with van der Waals surface area (Å²) < 4.78 is 0. The van der Waals surface area contributed by atoms with Gasteiger partial charge in [0.15, 0.2) is 0 Å². The van der Waals surface area contributed by atoms with E-state index in [-0.39, 0.29) is 11.8 Å². The maximum absolute atomic E-state index is 11.8. The van der Waals surface area contributed by atoms with Gasteiger partial charge in [0.25, 0.3) is 0 Å². The number of rotatable bonds is 2. The Balaban J connectivity index is 2.10. The zero-order chi connectivity index (χ0) is 10.8. The van der Waals surface area contributed by atoms with Crippen LogP contribution in [0.25, 0.3) is 0 Å². The molecule has 1 aliphatic rings. The van der Waals surface area contributed by atoms with Gasteiger partial charge in [-0.3, -0.25) is 14.6 Å². The molecule has 80 valence electrons. The summed E-state index contributed by atoms with van der Waals surface area (Å²) in [6.07, 6.45) is 3.27. The molecule has 0 aromatic carbocycles. The third-order valence-corrected chi connectivity index (χ3v) is 2.82. The molecule has 0 bridgehead atoms. The van der Waals surface area contributed by atoms with Crippen molar-refractivity contribution in [2.75, 3.05) is 14.2 Å². The van der Waals surface area contributed by atoms with Crippen molar-refractivity contribution in [1.29, 1.82) is 0 Å². The van der Waals surface area contributed by atoms with Crippen LogP contribution in [0.4, 0.5) is 0 Å². The number of aromatic nitrogens is 1. The molecule has 0 saturated heterocycles. The van der Waals surface area contributed by atoms with Gasteiger partial charge in [-0.25, -0.2) is 5.06 Å². The van der Waals surface area contributed by atoms with E-state index in [9.17, 15) is 4.79 Å². The van der Waals surface area contributed by atoms with E-state index in [1.54, 1.807) is 13.2 Å². The fourth-order valence-electron chi connectivity index (χ4n) is 1.93. The number of nitrogens with zero attached hydrogens (tertiary/aromatic N) is 2. The Morgan fingerprint density at radius 3 is 3.07 bits per heavy atom. The van der Waals surface area contributed by atoms with Crippen LogP contribution < -0.4 is 0 Å². The standard InChI is InChI=1S/C11H14N2O2/c1-13(15-2)11(14)9-6-8-4-3-5-12-10(8)7-9/h3-5,9H,6-7H2,1-2H3. The molecule has 1 aromatic rings. The predicted molar refractivity (Wildman–Crippen MR) is 54.9 cm³/mol. The van der Waals surface area contributed by atoms with Gasteiger partial charge in [0.1, 0.15) is 0 Å². The first-order valence-electron chi connectivity index (χ1n) is 4.97. The highest BCUT2D eigenvalue weighted by molar-refractivity contribution is 5.79. The van der Waals surface area contributed by atoms with Crippen molar-refractivity contribution < 1.29 is 9.63 Å². The highest BCUT2D eigenvalue weighted by Gasteiger charge is 2.30. The van der Waals surface area contributed by atoms with Crippen LogP contribution in [0.3, 0.4) is 0 Å². The highest BCUT2D eigenvalue weighted by atomic mass is 16.7. The Bertz CT molecular complexity index is 354. The minimum atomic E-state index is -0.0140. The number of hydrogen-bond acceptors (Lipinski definition) is 3. The van der Waals surface area contributed by atoms with Crippen molar-refractivity contribution in [3.63, 3.8) is 0 Å². The first kappa shape index (κ1) is 10.1. The second-order valence-corrected chi connectivity index (χ2v) is 3.73. The van der Waals surface area contributed by atoms with Gasteiger partial charge in [-0.15, -0.1) is 0 Å². The Labute approximate surface area is 88.8 Å². The molecule has 0 fully saturated rings. The maximum atomic E-state index is 11.8. The third kappa shape index (κ3) is 1.85. The number of fused-ring (bicyclic) bond motifs is 1. The van der Waals surface area contributed by atoms with E-state index in [2.05, 4.69) is 4.98 Å². The monoisotopic (exact) mass is 206 g/mol. The number of hydroxylamine groups is 2. The SMILES string of the molecule is CON(C)C(=O)C1Cc2cccnc2C1. The average molecular weight is 206 g/mol. The third-order valence-electron chi connectivity index (χ3n) is 2.82. The number of hydrogen-bond donors (Lipinski definition) is 0. The van der Waals surface area contributed by atoms with Gasteiger partial charge >= 0.3 is 0 Å². The fraction of sp³-hybridized carbons (Fsp3) is 0.455. The second kappa shape index (κ2) is 3.98. The molecular formula is C11H14N2O2. The highest BCUT2D eigenvalue weighted by Crippen LogP contribution is 2.25. The maximum Gasteiger partial charge on any atom is 0.249 e. The second-order valence-electron chi connectivity index (χ2n) is 3.73. The molecule has 1 atom stereocenters. The van der Waals surface area contributed by atoms with E-state index in [0.717, 1.165) is 18.5 Å². The summed E-state index contributed by atoms with van der Waals surface area (Å²) in [6.45, 7) is 0. The van der Waals surface area contributed by atoms with Crippen LogP contribution in [0.15, 0.2) is 18.3 Å². The molecule has 1 amide bonds. The number of carbonyl (C=O) groups excluding carboxylic acids is 1. The van der Waals surface area contributed by atoms with Crippen LogP contribution in [0.5, 0.6) is 0 Å². The summed E-state index contributed by atoms with van der Waals surface area (Å²) in [6, 6.07) is 3.94. The van der Waals surface area contributed by atoms with E-state index >= 15 is 0 Å². The van der Waals surface area contributed by atoms with E-state index < -0.39 is 0 Å². The van der Waals surface area contributed by atoms with E-state index in [1.807, 2.05) is 12.1 Å². The lowest BCUT2D eigenvalue weighted by Crippen LogP contribution is -2.32. The Morgan fingerprint density at radius 1 is 1.60 bits per heavy atom. The molecule has 0 saturated carbocycles. The zero-order valence-electron chi connectivity index (χ0n) is 8.93. The zero-order valence-corrected chi connectivity index (χ0v) is 8.93. The minimum Gasteiger partial charge on any atom is -0.275 e.